The molecular formula is C16H13FN4O3. The summed E-state index contributed by atoms with van der Waals surface area (Å²) in [4.78, 5) is 30.6. The first kappa shape index (κ1) is 15.6. The summed E-state index contributed by atoms with van der Waals surface area (Å²) >= 11 is 0. The topological polar surface area (TPSA) is 92.1 Å². The minimum Gasteiger partial charge on any atom is -0.365 e. The lowest BCUT2D eigenvalue weighted by atomic mass is 10.2. The first-order valence-electron chi connectivity index (χ1n) is 7.09. The van der Waals surface area contributed by atoms with Crippen LogP contribution in [-0.2, 0) is 6.54 Å². The number of para-hydroxylation sites is 1. The van der Waals surface area contributed by atoms with Gasteiger partial charge < -0.3 is 9.88 Å². The summed E-state index contributed by atoms with van der Waals surface area (Å²) in [5.74, 6) is -0.339. The van der Waals surface area contributed by atoms with Gasteiger partial charge in [0.1, 0.15) is 5.82 Å². The van der Waals surface area contributed by atoms with Gasteiger partial charge in [-0.3, -0.25) is 14.9 Å². The molecule has 0 unspecified atom stereocenters. The Balaban J connectivity index is 1.91. The molecule has 24 heavy (non-hydrogen) atoms. The maximum Gasteiger partial charge on any atom is 0.272 e. The van der Waals surface area contributed by atoms with E-state index in [0.29, 0.717) is 16.7 Å². The summed E-state index contributed by atoms with van der Waals surface area (Å²) in [5, 5.41) is 11.1. The highest BCUT2D eigenvalue weighted by atomic mass is 19.1. The van der Waals surface area contributed by atoms with Crippen molar-refractivity contribution in [3.8, 4) is 0 Å². The minimum atomic E-state index is -0.713. The lowest BCUT2D eigenvalue weighted by Gasteiger charge is -2.19. The Morgan fingerprint density at radius 3 is 2.75 bits per heavy atom. The number of fused-ring (bicyclic) bond motifs is 1. The number of non-ortho nitro benzene ring substituents is 1. The van der Waals surface area contributed by atoms with Gasteiger partial charge in [-0.2, -0.15) is 0 Å². The summed E-state index contributed by atoms with van der Waals surface area (Å²) in [6, 6.07) is 10.3. The van der Waals surface area contributed by atoms with Crippen molar-refractivity contribution in [2.24, 2.45) is 0 Å². The van der Waals surface area contributed by atoms with Crippen LogP contribution in [0.25, 0.3) is 10.9 Å². The Hall–Kier alpha value is -3.29. The Bertz CT molecular complexity index is 986. The van der Waals surface area contributed by atoms with E-state index in [-0.39, 0.29) is 23.5 Å². The molecule has 0 amide bonds. The van der Waals surface area contributed by atoms with Gasteiger partial charge in [-0.15, -0.1) is 0 Å². The monoisotopic (exact) mass is 328 g/mol. The van der Waals surface area contributed by atoms with Crippen molar-refractivity contribution < 1.29 is 9.31 Å². The van der Waals surface area contributed by atoms with Crippen LogP contribution < -0.4 is 10.5 Å². The van der Waals surface area contributed by atoms with Crippen LogP contribution in [0.5, 0.6) is 0 Å². The van der Waals surface area contributed by atoms with Gasteiger partial charge in [0, 0.05) is 13.1 Å². The fourth-order valence-corrected chi connectivity index (χ4v) is 2.44. The van der Waals surface area contributed by atoms with E-state index < -0.39 is 10.7 Å². The molecule has 0 aliphatic rings. The maximum absolute atomic E-state index is 14.1. The van der Waals surface area contributed by atoms with Crippen molar-refractivity contribution in [1.29, 1.82) is 0 Å². The zero-order chi connectivity index (χ0) is 17.3. The smallest absolute Gasteiger partial charge is 0.272 e. The van der Waals surface area contributed by atoms with E-state index in [1.165, 1.54) is 17.0 Å². The molecular weight excluding hydrogens is 315 g/mol. The van der Waals surface area contributed by atoms with E-state index in [1.54, 1.807) is 31.3 Å². The average Bonchev–Trinajstić information content (AvgIpc) is 2.54. The first-order chi connectivity index (χ1) is 11.5. The van der Waals surface area contributed by atoms with Gasteiger partial charge in [-0.25, -0.2) is 9.37 Å². The molecule has 0 aliphatic carbocycles. The van der Waals surface area contributed by atoms with E-state index in [0.717, 1.165) is 6.07 Å². The van der Waals surface area contributed by atoms with Gasteiger partial charge in [0.15, 0.2) is 5.82 Å². The predicted octanol–water partition coefficient (Wildman–Crippen LogP) is 2.61. The summed E-state index contributed by atoms with van der Waals surface area (Å²) in [5.41, 5.74) is 0.139. The number of hydrogen-bond acceptors (Lipinski definition) is 5. The number of hydrogen-bond donors (Lipinski definition) is 1. The molecule has 1 aromatic heterocycles. The molecule has 0 atom stereocenters. The molecule has 0 radical (unpaired) electrons. The van der Waals surface area contributed by atoms with Crippen molar-refractivity contribution in [2.45, 2.75) is 6.54 Å². The Kier molecular flexibility index (Phi) is 3.95. The standard InChI is InChI=1S/C16H13FN4O3/c1-20(14-7-6-10(21(23)24)8-12(14)17)9-15-18-13-5-3-2-4-11(13)16(22)19-15/h2-8H,9H2,1H3,(H,18,19,22). The number of H-pyrrole nitrogens is 1. The summed E-state index contributed by atoms with van der Waals surface area (Å²) in [7, 11) is 1.61. The highest BCUT2D eigenvalue weighted by Crippen LogP contribution is 2.24. The summed E-state index contributed by atoms with van der Waals surface area (Å²) in [6.45, 7) is 0.148. The van der Waals surface area contributed by atoms with E-state index in [2.05, 4.69) is 9.97 Å². The van der Waals surface area contributed by atoms with Crippen LogP contribution in [0.4, 0.5) is 15.8 Å². The highest BCUT2D eigenvalue weighted by Gasteiger charge is 2.14. The van der Waals surface area contributed by atoms with Gasteiger partial charge in [-0.1, -0.05) is 12.1 Å². The number of aromatic amines is 1. The molecule has 1 N–H and O–H groups in total. The van der Waals surface area contributed by atoms with Crippen LogP contribution in [0.2, 0.25) is 0 Å². The lowest BCUT2D eigenvalue weighted by molar-refractivity contribution is -0.385. The second-order valence-electron chi connectivity index (χ2n) is 5.28. The highest BCUT2D eigenvalue weighted by molar-refractivity contribution is 5.77. The molecule has 1 heterocycles. The third-order valence-electron chi connectivity index (χ3n) is 3.60. The quantitative estimate of drug-likeness (QED) is 0.587. The fraction of sp³-hybridized carbons (Fsp3) is 0.125. The molecule has 7 nitrogen and oxygen atoms in total. The minimum absolute atomic E-state index is 0.148. The van der Waals surface area contributed by atoms with Crippen LogP contribution in [0.15, 0.2) is 47.3 Å². The lowest BCUT2D eigenvalue weighted by Crippen LogP contribution is -2.22. The molecule has 3 rings (SSSR count). The van der Waals surface area contributed by atoms with E-state index in [4.69, 9.17) is 0 Å². The largest absolute Gasteiger partial charge is 0.365 e. The van der Waals surface area contributed by atoms with Gasteiger partial charge in [-0.05, 0) is 18.2 Å². The number of nitro benzene ring substituents is 1. The molecule has 8 heteroatoms. The van der Waals surface area contributed by atoms with Crippen LogP contribution >= 0.6 is 0 Å². The summed E-state index contributed by atoms with van der Waals surface area (Å²) in [6.07, 6.45) is 0. The zero-order valence-electron chi connectivity index (χ0n) is 12.7. The van der Waals surface area contributed by atoms with Crippen LogP contribution in [0, 0.1) is 15.9 Å². The van der Waals surface area contributed by atoms with E-state index in [9.17, 15) is 19.3 Å². The van der Waals surface area contributed by atoms with Crippen molar-refractivity contribution in [3.05, 3.63) is 74.6 Å². The third-order valence-corrected chi connectivity index (χ3v) is 3.60. The third kappa shape index (κ3) is 2.94. The molecule has 0 bridgehead atoms. The number of nitro groups is 1. The van der Waals surface area contributed by atoms with Crippen molar-refractivity contribution in [1.82, 2.24) is 9.97 Å². The SMILES string of the molecule is CN(Cc1nc2ccccc2c(=O)[nH]1)c1ccc([N+](=O)[O-])cc1F. The van der Waals surface area contributed by atoms with E-state index in [1.807, 2.05) is 0 Å². The Morgan fingerprint density at radius 1 is 1.29 bits per heavy atom. The number of anilines is 1. The first-order valence-corrected chi connectivity index (χ1v) is 7.09. The van der Waals surface area contributed by atoms with Crippen molar-refractivity contribution in [3.63, 3.8) is 0 Å². The summed E-state index contributed by atoms with van der Waals surface area (Å²) < 4.78 is 14.1. The zero-order valence-corrected chi connectivity index (χ0v) is 12.7. The van der Waals surface area contributed by atoms with Gasteiger partial charge in [0.2, 0.25) is 0 Å². The maximum atomic E-state index is 14.1. The second kappa shape index (κ2) is 6.07. The second-order valence-corrected chi connectivity index (χ2v) is 5.28. The van der Waals surface area contributed by atoms with Gasteiger partial charge >= 0.3 is 0 Å². The van der Waals surface area contributed by atoms with Crippen molar-refractivity contribution in [2.75, 3.05) is 11.9 Å². The normalized spacial score (nSPS) is 10.8. The van der Waals surface area contributed by atoms with Crippen LogP contribution in [0.3, 0.4) is 0 Å². The number of nitrogens with one attached hydrogen (secondary N) is 1. The number of rotatable bonds is 4. The number of aromatic nitrogens is 2. The van der Waals surface area contributed by atoms with Crippen LogP contribution in [0.1, 0.15) is 5.82 Å². The average molecular weight is 328 g/mol. The molecule has 0 saturated heterocycles. The molecule has 0 spiro atoms. The van der Waals surface area contributed by atoms with Gasteiger partial charge in [0.25, 0.3) is 11.2 Å². The fourth-order valence-electron chi connectivity index (χ4n) is 2.44. The molecule has 0 saturated carbocycles. The molecule has 0 aliphatic heterocycles. The number of halogens is 1. The predicted molar refractivity (Wildman–Crippen MR) is 87.5 cm³/mol. The molecule has 122 valence electrons. The Labute approximate surface area is 135 Å². The molecule has 2 aromatic carbocycles. The number of nitrogens with zero attached hydrogens (tertiary/aromatic N) is 3. The molecule has 0 fully saturated rings. The molecule has 3 aromatic rings. The Morgan fingerprint density at radius 2 is 2.04 bits per heavy atom. The van der Waals surface area contributed by atoms with Crippen LogP contribution in [-0.4, -0.2) is 21.9 Å². The number of benzene rings is 2. The van der Waals surface area contributed by atoms with Crippen molar-refractivity contribution >= 4 is 22.3 Å². The van der Waals surface area contributed by atoms with Gasteiger partial charge in [0.05, 0.1) is 34.1 Å². The van der Waals surface area contributed by atoms with E-state index >= 15 is 0 Å².